The summed E-state index contributed by atoms with van der Waals surface area (Å²) < 4.78 is 28.8. The third kappa shape index (κ3) is 4.89. The molecule has 1 unspecified atom stereocenters. The molecular formula is C24H32N6O3S. The predicted molar refractivity (Wildman–Crippen MR) is 131 cm³/mol. The first kappa shape index (κ1) is 23.1. The number of aromatic nitrogens is 1. The van der Waals surface area contributed by atoms with Crippen molar-refractivity contribution in [3.8, 4) is 0 Å². The summed E-state index contributed by atoms with van der Waals surface area (Å²) in [6.45, 7) is 3.72. The molecule has 2 aliphatic heterocycles. The molecule has 5 rings (SSSR count). The van der Waals surface area contributed by atoms with Crippen LogP contribution in [0, 0.1) is 5.92 Å². The molecule has 1 aromatic carbocycles. The van der Waals surface area contributed by atoms with Gasteiger partial charge in [0.25, 0.3) is 0 Å². The number of pyridine rings is 1. The van der Waals surface area contributed by atoms with E-state index in [4.69, 9.17) is 0 Å². The molecule has 1 aliphatic carbocycles. The number of hydrogen-bond acceptors (Lipinski definition) is 7. The number of rotatable bonds is 5. The maximum Gasteiger partial charge on any atom is 0.242 e. The number of carbonyl (C=O) groups excluding carboxylic acids is 1. The van der Waals surface area contributed by atoms with Gasteiger partial charge in [-0.15, -0.1) is 0 Å². The van der Waals surface area contributed by atoms with E-state index in [1.165, 1.54) is 6.20 Å². The third-order valence-electron chi connectivity index (χ3n) is 7.01. The Hall–Kier alpha value is -2.69. The summed E-state index contributed by atoms with van der Waals surface area (Å²) in [5.74, 6) is 0.797. The van der Waals surface area contributed by atoms with E-state index in [1.807, 2.05) is 23.1 Å². The van der Waals surface area contributed by atoms with Gasteiger partial charge in [0.1, 0.15) is 10.7 Å². The van der Waals surface area contributed by atoms with Crippen LogP contribution in [0.5, 0.6) is 0 Å². The first-order chi connectivity index (χ1) is 16.5. The lowest BCUT2D eigenvalue weighted by Gasteiger charge is -2.40. The molecule has 1 amide bonds. The second-order valence-electron chi connectivity index (χ2n) is 9.25. The van der Waals surface area contributed by atoms with Crippen LogP contribution in [0.1, 0.15) is 37.3 Å². The van der Waals surface area contributed by atoms with Crippen molar-refractivity contribution >= 4 is 27.4 Å². The molecule has 0 bridgehead atoms. The lowest BCUT2D eigenvalue weighted by atomic mass is 9.85. The van der Waals surface area contributed by atoms with Crippen molar-refractivity contribution < 1.29 is 13.2 Å². The number of fused-ring (bicyclic) bond motifs is 1. The molecule has 1 atom stereocenters. The lowest BCUT2D eigenvalue weighted by Crippen LogP contribution is -2.51. The van der Waals surface area contributed by atoms with E-state index < -0.39 is 10.0 Å². The van der Waals surface area contributed by atoms with Crippen molar-refractivity contribution in [2.75, 3.05) is 43.4 Å². The van der Waals surface area contributed by atoms with Crippen LogP contribution >= 0.6 is 0 Å². The van der Waals surface area contributed by atoms with Crippen molar-refractivity contribution in [3.05, 3.63) is 48.2 Å². The number of nitrogens with zero attached hydrogens (tertiary/aromatic N) is 2. The van der Waals surface area contributed by atoms with Crippen molar-refractivity contribution in [1.29, 1.82) is 0 Å². The van der Waals surface area contributed by atoms with E-state index in [1.54, 1.807) is 6.07 Å². The van der Waals surface area contributed by atoms with E-state index >= 15 is 0 Å². The zero-order chi connectivity index (χ0) is 23.5. The maximum atomic E-state index is 13.4. The molecule has 0 spiro atoms. The Bertz CT molecular complexity index is 1120. The zero-order valence-corrected chi connectivity index (χ0v) is 20.0. The molecule has 2 aromatic rings. The van der Waals surface area contributed by atoms with Gasteiger partial charge in [-0.05, 0) is 37.3 Å². The molecule has 0 radical (unpaired) electrons. The average molecular weight is 485 g/mol. The number of amides is 1. The van der Waals surface area contributed by atoms with Gasteiger partial charge in [0, 0.05) is 50.9 Å². The van der Waals surface area contributed by atoms with Crippen molar-refractivity contribution in [2.45, 2.75) is 42.7 Å². The second kappa shape index (κ2) is 9.89. The fourth-order valence-corrected chi connectivity index (χ4v) is 6.44. The predicted octanol–water partition coefficient (Wildman–Crippen LogP) is 1.93. The molecule has 1 saturated carbocycles. The summed E-state index contributed by atoms with van der Waals surface area (Å²) in [4.78, 5) is 19.8. The number of sulfonamides is 1. The molecular weight excluding hydrogens is 452 g/mol. The highest BCUT2D eigenvalue weighted by atomic mass is 32.2. The Kier molecular flexibility index (Phi) is 6.71. The summed E-state index contributed by atoms with van der Waals surface area (Å²) in [6.07, 6.45) is 4.06. The van der Waals surface area contributed by atoms with E-state index in [0.717, 1.165) is 31.7 Å². The van der Waals surface area contributed by atoms with Gasteiger partial charge in [-0.3, -0.25) is 4.79 Å². The van der Waals surface area contributed by atoms with Crippen LogP contribution in [0.15, 0.2) is 47.5 Å². The Morgan fingerprint density at radius 3 is 2.59 bits per heavy atom. The van der Waals surface area contributed by atoms with Gasteiger partial charge in [-0.2, -0.15) is 0 Å². The fourth-order valence-electron chi connectivity index (χ4n) is 5.17. The summed E-state index contributed by atoms with van der Waals surface area (Å²) in [5, 5.41) is 9.73. The molecule has 3 heterocycles. The normalized spacial score (nSPS) is 25.1. The smallest absolute Gasteiger partial charge is 0.242 e. The Labute approximate surface area is 200 Å². The van der Waals surface area contributed by atoms with Gasteiger partial charge in [-0.25, -0.2) is 18.1 Å². The van der Waals surface area contributed by atoms with E-state index in [2.05, 4.69) is 37.8 Å². The summed E-state index contributed by atoms with van der Waals surface area (Å²) >= 11 is 0. The van der Waals surface area contributed by atoms with Crippen molar-refractivity contribution in [2.24, 2.45) is 5.92 Å². The topological polar surface area (TPSA) is 115 Å². The highest BCUT2D eigenvalue weighted by Gasteiger charge is 2.35. The maximum absolute atomic E-state index is 13.4. The van der Waals surface area contributed by atoms with Crippen molar-refractivity contribution in [1.82, 2.24) is 19.9 Å². The van der Waals surface area contributed by atoms with Crippen LogP contribution in [-0.2, 0) is 14.8 Å². The van der Waals surface area contributed by atoms with Crippen LogP contribution in [-0.4, -0.2) is 63.0 Å². The zero-order valence-electron chi connectivity index (χ0n) is 19.2. The molecule has 9 nitrogen and oxygen atoms in total. The fraction of sp³-hybridized carbons (Fsp3) is 0.500. The van der Waals surface area contributed by atoms with Gasteiger partial charge in [-0.1, -0.05) is 30.3 Å². The molecule has 182 valence electrons. The van der Waals surface area contributed by atoms with E-state index in [-0.39, 0.29) is 28.8 Å². The molecule has 4 N–H and O–H groups in total. The van der Waals surface area contributed by atoms with Crippen LogP contribution in [0.25, 0.3) is 0 Å². The molecule has 1 saturated heterocycles. The van der Waals surface area contributed by atoms with Crippen LogP contribution in [0.2, 0.25) is 0 Å². The molecule has 2 fully saturated rings. The minimum absolute atomic E-state index is 0.0401. The highest BCUT2D eigenvalue weighted by molar-refractivity contribution is 7.89. The second-order valence-corrected chi connectivity index (χ2v) is 11.0. The third-order valence-corrected chi connectivity index (χ3v) is 8.50. The minimum atomic E-state index is -3.68. The summed E-state index contributed by atoms with van der Waals surface area (Å²) in [7, 11) is -3.68. The van der Waals surface area contributed by atoms with Gasteiger partial charge in [0.15, 0.2) is 0 Å². The first-order valence-corrected chi connectivity index (χ1v) is 13.6. The number of nitrogens with one attached hydrogen (secondary N) is 4. The Morgan fingerprint density at radius 1 is 1.03 bits per heavy atom. The Morgan fingerprint density at radius 2 is 1.79 bits per heavy atom. The van der Waals surface area contributed by atoms with Crippen LogP contribution < -0.4 is 20.7 Å². The van der Waals surface area contributed by atoms with Gasteiger partial charge >= 0.3 is 0 Å². The number of piperazine rings is 1. The molecule has 10 heteroatoms. The SMILES string of the molecule is O=C([C@H]1CC[C@H](NS(=O)(=O)c2cnc3c(c2)NCCN3)CC1)N1CCNCC1c1ccccc1. The number of hydrogen-bond donors (Lipinski definition) is 4. The van der Waals surface area contributed by atoms with Crippen LogP contribution in [0.4, 0.5) is 11.5 Å². The largest absolute Gasteiger partial charge is 0.380 e. The molecule has 34 heavy (non-hydrogen) atoms. The Balaban J connectivity index is 1.20. The number of carbonyl (C=O) groups is 1. The van der Waals surface area contributed by atoms with E-state index in [9.17, 15) is 13.2 Å². The first-order valence-electron chi connectivity index (χ1n) is 12.1. The average Bonchev–Trinajstić information content (AvgIpc) is 2.89. The van der Waals surface area contributed by atoms with Crippen LogP contribution in [0.3, 0.4) is 0 Å². The summed E-state index contributed by atoms with van der Waals surface area (Å²) in [5.41, 5.74) is 1.85. The number of benzene rings is 1. The summed E-state index contributed by atoms with van der Waals surface area (Å²) in [6, 6.07) is 11.6. The highest BCUT2D eigenvalue weighted by Crippen LogP contribution is 2.31. The standard InChI is InChI=1S/C24H32N6O3S/c31-24(30-13-12-25-16-22(30)17-4-2-1-3-5-17)18-6-8-19(9-7-18)29-34(32,33)20-14-21-23(28-15-20)27-11-10-26-21/h1-5,14-15,18-19,22,25-26,29H,6-13,16H2,(H,27,28)/t18-,19-,22?. The van der Waals surface area contributed by atoms with Gasteiger partial charge in [0.2, 0.25) is 15.9 Å². The van der Waals surface area contributed by atoms with E-state index in [0.29, 0.717) is 43.7 Å². The van der Waals surface area contributed by atoms with Gasteiger partial charge < -0.3 is 20.9 Å². The lowest BCUT2D eigenvalue weighted by molar-refractivity contribution is -0.140. The monoisotopic (exact) mass is 484 g/mol. The quantitative estimate of drug-likeness (QED) is 0.513. The molecule has 3 aliphatic rings. The number of anilines is 2. The van der Waals surface area contributed by atoms with Gasteiger partial charge in [0.05, 0.1) is 11.7 Å². The van der Waals surface area contributed by atoms with Crippen molar-refractivity contribution in [3.63, 3.8) is 0 Å². The molecule has 1 aromatic heterocycles. The minimum Gasteiger partial charge on any atom is -0.380 e.